The van der Waals surface area contributed by atoms with Gasteiger partial charge in [-0.25, -0.2) is 0 Å². The number of carbonyl (C=O) groups is 1. The van der Waals surface area contributed by atoms with E-state index in [4.69, 9.17) is 14.6 Å². The molecule has 26 heavy (non-hydrogen) atoms. The topological polar surface area (TPSA) is 59.0 Å². The van der Waals surface area contributed by atoms with Gasteiger partial charge in [-0.1, -0.05) is 17.9 Å². The van der Waals surface area contributed by atoms with E-state index in [-0.39, 0.29) is 41.9 Å². The summed E-state index contributed by atoms with van der Waals surface area (Å²) < 4.78 is 12.4. The monoisotopic (exact) mass is 357 g/mol. The molecule has 4 fully saturated rings. The molecule has 2 spiro atoms. The van der Waals surface area contributed by atoms with Crippen molar-refractivity contribution >= 4 is 5.91 Å². The summed E-state index contributed by atoms with van der Waals surface area (Å²) in [7, 11) is 0. The van der Waals surface area contributed by atoms with Crippen molar-refractivity contribution < 1.29 is 19.4 Å². The molecular weight excluding hydrogens is 330 g/mol. The highest BCUT2D eigenvalue weighted by Gasteiger charge is 2.77. The second-order valence-electron chi connectivity index (χ2n) is 8.98. The quantitative estimate of drug-likeness (QED) is 0.726. The zero-order valence-corrected chi connectivity index (χ0v) is 15.7. The minimum absolute atomic E-state index is 0.00123. The minimum Gasteiger partial charge on any atom is -0.384 e. The molecule has 5 bridgehead atoms. The maximum absolute atomic E-state index is 13.7. The van der Waals surface area contributed by atoms with Gasteiger partial charge in [-0.2, -0.15) is 0 Å². The number of piperidine rings is 1. The summed E-state index contributed by atoms with van der Waals surface area (Å²) in [5.74, 6) is 6.15. The summed E-state index contributed by atoms with van der Waals surface area (Å²) in [6.07, 6.45) is 5.20. The number of amides is 1. The van der Waals surface area contributed by atoms with Gasteiger partial charge in [0.15, 0.2) is 5.79 Å². The van der Waals surface area contributed by atoms with Gasteiger partial charge in [0, 0.05) is 29.5 Å². The zero-order chi connectivity index (χ0) is 18.3. The Balaban J connectivity index is 1.64. The minimum atomic E-state index is -0.625. The molecule has 3 aliphatic carbocycles. The van der Waals surface area contributed by atoms with Crippen molar-refractivity contribution in [2.24, 2.45) is 22.7 Å². The van der Waals surface area contributed by atoms with Crippen LogP contribution in [-0.4, -0.2) is 53.6 Å². The SMILES string of the molecule is CCN1C(=O)[C@]23COC(C)(C)O[C@@H]2CCC24C=C(C#CCO)C(CC23)[C@@H]14. The molecule has 2 heterocycles. The molecular formula is C21H27NO4. The van der Waals surface area contributed by atoms with Crippen LogP contribution >= 0.6 is 0 Å². The molecule has 2 saturated heterocycles. The molecule has 1 amide bonds. The maximum Gasteiger partial charge on any atom is 0.234 e. The highest BCUT2D eigenvalue weighted by atomic mass is 16.7. The predicted molar refractivity (Wildman–Crippen MR) is 94.7 cm³/mol. The smallest absolute Gasteiger partial charge is 0.234 e. The first-order valence-electron chi connectivity index (χ1n) is 9.85. The van der Waals surface area contributed by atoms with Crippen LogP contribution in [-0.2, 0) is 14.3 Å². The molecule has 0 radical (unpaired) electrons. The maximum atomic E-state index is 13.7. The molecule has 2 aliphatic heterocycles. The summed E-state index contributed by atoms with van der Waals surface area (Å²) in [6, 6.07) is 0.217. The third-order valence-electron chi connectivity index (χ3n) is 7.66. The van der Waals surface area contributed by atoms with E-state index in [1.54, 1.807) is 0 Å². The summed E-state index contributed by atoms with van der Waals surface area (Å²) in [4.78, 5) is 15.8. The molecule has 5 aliphatic rings. The zero-order valence-electron chi connectivity index (χ0n) is 15.7. The van der Waals surface area contributed by atoms with Crippen LogP contribution in [0.15, 0.2) is 11.6 Å². The second-order valence-corrected chi connectivity index (χ2v) is 8.98. The molecule has 0 aromatic rings. The van der Waals surface area contributed by atoms with Crippen molar-refractivity contribution in [1.29, 1.82) is 0 Å². The van der Waals surface area contributed by atoms with Crippen molar-refractivity contribution in [2.75, 3.05) is 19.8 Å². The number of nitrogens with zero attached hydrogens (tertiary/aromatic N) is 1. The Morgan fingerprint density at radius 1 is 1.42 bits per heavy atom. The van der Waals surface area contributed by atoms with Crippen molar-refractivity contribution in [3.63, 3.8) is 0 Å². The van der Waals surface area contributed by atoms with Gasteiger partial charge in [0.1, 0.15) is 12.0 Å². The van der Waals surface area contributed by atoms with Gasteiger partial charge in [-0.3, -0.25) is 4.79 Å². The lowest BCUT2D eigenvalue weighted by Crippen LogP contribution is -2.73. The van der Waals surface area contributed by atoms with Crippen LogP contribution in [0.1, 0.15) is 40.0 Å². The van der Waals surface area contributed by atoms with Gasteiger partial charge in [-0.05, 0) is 46.0 Å². The van der Waals surface area contributed by atoms with Crippen molar-refractivity contribution in [1.82, 2.24) is 4.90 Å². The van der Waals surface area contributed by atoms with Crippen LogP contribution in [0.5, 0.6) is 0 Å². The molecule has 5 rings (SSSR count). The number of rotatable bonds is 1. The van der Waals surface area contributed by atoms with E-state index in [1.807, 2.05) is 13.8 Å². The molecule has 0 aromatic heterocycles. The number of ether oxygens (including phenoxy) is 2. The second kappa shape index (κ2) is 5.13. The van der Waals surface area contributed by atoms with Crippen LogP contribution in [0.2, 0.25) is 0 Å². The lowest BCUT2D eigenvalue weighted by molar-refractivity contribution is -0.339. The lowest BCUT2D eigenvalue weighted by Gasteiger charge is -2.63. The summed E-state index contributed by atoms with van der Waals surface area (Å²) in [5, 5.41) is 9.10. The fourth-order valence-corrected chi connectivity index (χ4v) is 6.90. The van der Waals surface area contributed by atoms with E-state index in [2.05, 4.69) is 29.7 Å². The van der Waals surface area contributed by atoms with Gasteiger partial charge in [-0.15, -0.1) is 0 Å². The Hall–Kier alpha value is -1.35. The average Bonchev–Trinajstić information content (AvgIpc) is 3.05. The molecule has 3 unspecified atom stereocenters. The molecule has 5 nitrogen and oxygen atoms in total. The third-order valence-corrected chi connectivity index (χ3v) is 7.66. The fraction of sp³-hybridized carbons (Fsp3) is 0.762. The van der Waals surface area contributed by atoms with Crippen molar-refractivity contribution in [2.45, 2.75) is 58.0 Å². The van der Waals surface area contributed by atoms with Gasteiger partial charge in [0.05, 0.1) is 12.7 Å². The highest BCUT2D eigenvalue weighted by molar-refractivity contribution is 5.87. The van der Waals surface area contributed by atoms with Gasteiger partial charge in [0.25, 0.3) is 0 Å². The van der Waals surface area contributed by atoms with Crippen LogP contribution in [0.4, 0.5) is 0 Å². The molecule has 140 valence electrons. The molecule has 5 heteroatoms. The Labute approximate surface area is 154 Å². The van der Waals surface area contributed by atoms with E-state index in [9.17, 15) is 4.79 Å². The van der Waals surface area contributed by atoms with Crippen LogP contribution in [0.25, 0.3) is 0 Å². The molecule has 1 N–H and O–H groups in total. The normalized spacial score (nSPS) is 47.2. The van der Waals surface area contributed by atoms with Crippen molar-refractivity contribution in [3.05, 3.63) is 11.6 Å². The highest BCUT2D eigenvalue weighted by Crippen LogP contribution is 2.72. The average molecular weight is 357 g/mol. The number of aliphatic hydroxyl groups is 1. The van der Waals surface area contributed by atoms with E-state index < -0.39 is 11.2 Å². The Morgan fingerprint density at radius 2 is 2.23 bits per heavy atom. The van der Waals surface area contributed by atoms with Crippen LogP contribution in [0.3, 0.4) is 0 Å². The van der Waals surface area contributed by atoms with Gasteiger partial charge in [0.2, 0.25) is 5.91 Å². The number of aliphatic hydroxyl groups excluding tert-OH is 1. The van der Waals surface area contributed by atoms with Gasteiger partial charge < -0.3 is 19.5 Å². The van der Waals surface area contributed by atoms with E-state index >= 15 is 0 Å². The number of carbonyl (C=O) groups excluding carboxylic acids is 1. The molecule has 0 aromatic carbocycles. The van der Waals surface area contributed by atoms with Gasteiger partial charge >= 0.3 is 0 Å². The predicted octanol–water partition coefficient (Wildman–Crippen LogP) is 1.71. The Morgan fingerprint density at radius 3 is 2.96 bits per heavy atom. The Kier molecular flexibility index (Phi) is 3.31. The number of likely N-dealkylation sites (tertiary alicyclic amines) is 1. The molecule has 6 atom stereocenters. The largest absolute Gasteiger partial charge is 0.384 e. The van der Waals surface area contributed by atoms with E-state index in [0.29, 0.717) is 13.2 Å². The first-order chi connectivity index (χ1) is 12.4. The first-order valence-corrected chi connectivity index (χ1v) is 9.85. The van der Waals surface area contributed by atoms with Crippen molar-refractivity contribution in [3.8, 4) is 11.8 Å². The van der Waals surface area contributed by atoms with Crippen LogP contribution < -0.4 is 0 Å². The summed E-state index contributed by atoms with van der Waals surface area (Å²) >= 11 is 0. The lowest BCUT2D eigenvalue weighted by atomic mass is 9.50. The molecule has 2 saturated carbocycles. The summed E-state index contributed by atoms with van der Waals surface area (Å²) in [6.45, 7) is 7.01. The standard InChI is InChI=1S/C21H27NO4/c1-4-22-17-14-10-15-20(17,11-13(14)6-5-9-23)8-7-16-21(15,18(22)24)12-25-19(2,3)26-16/h11,14-17,23H,4,7-10,12H2,1-3H3/t14?,15?,16-,17-,20?,21+/m1/s1. The number of hydrogen-bond donors (Lipinski definition) is 1. The van der Waals surface area contributed by atoms with E-state index in [0.717, 1.165) is 24.8 Å². The Bertz CT molecular complexity index is 762. The third kappa shape index (κ3) is 1.76. The first kappa shape index (κ1) is 16.8. The van der Waals surface area contributed by atoms with Crippen LogP contribution in [0, 0.1) is 34.5 Å². The number of hydrogen-bond acceptors (Lipinski definition) is 4. The van der Waals surface area contributed by atoms with E-state index in [1.165, 1.54) is 0 Å². The fourth-order valence-electron chi connectivity index (χ4n) is 6.90. The summed E-state index contributed by atoms with van der Waals surface area (Å²) in [5.41, 5.74) is 0.570.